The molecule has 29 heavy (non-hydrogen) atoms. The Hall–Kier alpha value is -2.74. The summed E-state index contributed by atoms with van der Waals surface area (Å²) < 4.78 is 0. The largest absolute Gasteiger partial charge is 0.507 e. The molecule has 7 nitrogen and oxygen atoms in total. The van der Waals surface area contributed by atoms with Gasteiger partial charge in [0, 0.05) is 19.6 Å². The molecule has 0 aromatic heterocycles. The molecule has 1 amide bonds. The minimum Gasteiger partial charge on any atom is -0.507 e. The number of phenolic OH excluding ortho intramolecular Hbond substituents is 1. The zero-order valence-electron chi connectivity index (χ0n) is 16.5. The highest BCUT2D eigenvalue weighted by Crippen LogP contribution is 2.38. The highest BCUT2D eigenvalue weighted by molar-refractivity contribution is 6.07. The Bertz CT molecular complexity index is 934. The van der Waals surface area contributed by atoms with Crippen LogP contribution in [0.1, 0.15) is 21.5 Å². The van der Waals surface area contributed by atoms with Gasteiger partial charge in [-0.25, -0.2) is 5.43 Å². The van der Waals surface area contributed by atoms with E-state index in [1.807, 2.05) is 0 Å². The van der Waals surface area contributed by atoms with Crippen LogP contribution in [0.3, 0.4) is 0 Å². The summed E-state index contributed by atoms with van der Waals surface area (Å²) in [5.41, 5.74) is 5.90. The second kappa shape index (κ2) is 6.95. The number of nitrogens with one attached hydrogen (secondary N) is 1. The van der Waals surface area contributed by atoms with Crippen LogP contribution in [0.4, 0.5) is 0 Å². The molecular weight excluding hydrogens is 366 g/mol. The Morgan fingerprint density at radius 2 is 1.55 bits per heavy atom. The van der Waals surface area contributed by atoms with Crippen LogP contribution >= 0.6 is 0 Å². The molecule has 2 aromatic carbocycles. The Morgan fingerprint density at radius 1 is 0.966 bits per heavy atom. The van der Waals surface area contributed by atoms with Gasteiger partial charge in [0.2, 0.25) is 0 Å². The van der Waals surface area contributed by atoms with Crippen LogP contribution in [-0.4, -0.2) is 71.1 Å². The third kappa shape index (κ3) is 3.31. The van der Waals surface area contributed by atoms with Crippen LogP contribution in [0.25, 0.3) is 0 Å². The van der Waals surface area contributed by atoms with Gasteiger partial charge in [0.15, 0.2) is 0 Å². The number of hydrazone groups is 1. The number of hydrogen-bond donors (Lipinski definition) is 2. The van der Waals surface area contributed by atoms with E-state index in [1.54, 1.807) is 18.2 Å². The number of carbonyl (C=O) groups is 1. The van der Waals surface area contributed by atoms with Gasteiger partial charge in [-0.2, -0.15) is 5.10 Å². The number of carbonyl (C=O) groups excluding carboxylic acids is 1. The van der Waals surface area contributed by atoms with E-state index >= 15 is 0 Å². The van der Waals surface area contributed by atoms with Gasteiger partial charge in [0.05, 0.1) is 36.7 Å². The maximum absolute atomic E-state index is 12.7. The lowest BCUT2D eigenvalue weighted by molar-refractivity contribution is -0.149. The van der Waals surface area contributed by atoms with E-state index in [-0.39, 0.29) is 16.7 Å². The summed E-state index contributed by atoms with van der Waals surface area (Å²) in [5.74, 6) is -0.450. The van der Waals surface area contributed by atoms with Crippen molar-refractivity contribution in [3.63, 3.8) is 0 Å². The van der Waals surface area contributed by atoms with E-state index in [1.165, 1.54) is 11.6 Å². The summed E-state index contributed by atoms with van der Waals surface area (Å²) in [4.78, 5) is 20.0. The number of amides is 1. The van der Waals surface area contributed by atoms with Gasteiger partial charge >= 0.3 is 0 Å². The van der Waals surface area contributed by atoms with E-state index in [4.69, 9.17) is 0 Å². The minimum atomic E-state index is -0.404. The van der Waals surface area contributed by atoms with Gasteiger partial charge in [-0.3, -0.25) is 19.5 Å². The standard InChI is InChI=1S/C22H25N5O2/c1-16-6-8-17(9-7-16)20(23-24-21(29)18-4-2-3-5-19(18)28)22-10-25-13-26(11-22)15-27(12-22)14-25/h2-9,28H,10-15H2,1H3,(H,24,29). The van der Waals surface area contributed by atoms with E-state index in [9.17, 15) is 9.90 Å². The van der Waals surface area contributed by atoms with Crippen molar-refractivity contribution in [3.05, 3.63) is 65.2 Å². The van der Waals surface area contributed by atoms with E-state index in [0.717, 1.165) is 50.9 Å². The molecule has 4 aliphatic heterocycles. The molecule has 2 aromatic rings. The van der Waals surface area contributed by atoms with Crippen LogP contribution in [-0.2, 0) is 0 Å². The second-order valence-corrected chi connectivity index (χ2v) is 8.48. The second-order valence-electron chi connectivity index (χ2n) is 8.48. The summed E-state index contributed by atoms with van der Waals surface area (Å²) in [5, 5.41) is 14.7. The molecule has 0 unspecified atom stereocenters. The maximum atomic E-state index is 12.7. The van der Waals surface area contributed by atoms with Gasteiger partial charge in [-0.15, -0.1) is 0 Å². The normalized spacial score (nSPS) is 30.4. The third-order valence-electron chi connectivity index (χ3n) is 6.02. The van der Waals surface area contributed by atoms with Crippen molar-refractivity contribution in [1.29, 1.82) is 0 Å². The number of phenols is 1. The third-order valence-corrected chi connectivity index (χ3v) is 6.02. The molecule has 6 rings (SSSR count). The molecule has 0 aliphatic carbocycles. The molecular formula is C22H25N5O2. The lowest BCUT2D eigenvalue weighted by Crippen LogP contribution is -2.74. The van der Waals surface area contributed by atoms with Crippen LogP contribution in [0, 0.1) is 12.3 Å². The zero-order valence-corrected chi connectivity index (χ0v) is 16.5. The van der Waals surface area contributed by atoms with Crippen LogP contribution in [0.15, 0.2) is 53.6 Å². The van der Waals surface area contributed by atoms with Crippen molar-refractivity contribution in [2.24, 2.45) is 10.5 Å². The number of hydrogen-bond acceptors (Lipinski definition) is 6. The Balaban J connectivity index is 1.51. The molecule has 0 saturated carbocycles. The Kier molecular flexibility index (Phi) is 4.38. The molecule has 0 atom stereocenters. The molecule has 4 bridgehead atoms. The minimum absolute atomic E-state index is 0.0461. The first kappa shape index (κ1) is 18.3. The number of rotatable bonds is 4. The van der Waals surface area contributed by atoms with Gasteiger partial charge in [0.1, 0.15) is 5.75 Å². The fourth-order valence-corrected chi connectivity index (χ4v) is 4.97. The molecule has 150 valence electrons. The molecule has 7 heteroatoms. The SMILES string of the molecule is Cc1ccc(C(=NNC(=O)c2ccccc2O)C23CN4CN(CN(C4)C2)C3)cc1. The first-order chi connectivity index (χ1) is 14.0. The van der Waals surface area contributed by atoms with Crippen molar-refractivity contribution >= 4 is 11.6 Å². The maximum Gasteiger partial charge on any atom is 0.275 e. The molecule has 4 heterocycles. The fraction of sp³-hybridized carbons (Fsp3) is 0.364. The lowest BCUT2D eigenvalue weighted by Gasteiger charge is -2.60. The fourth-order valence-electron chi connectivity index (χ4n) is 4.97. The number of aromatic hydroxyl groups is 1. The van der Waals surface area contributed by atoms with Crippen molar-refractivity contribution in [3.8, 4) is 5.75 Å². The highest BCUT2D eigenvalue weighted by atomic mass is 16.3. The molecule has 4 fully saturated rings. The van der Waals surface area contributed by atoms with Crippen LogP contribution in [0.5, 0.6) is 5.75 Å². The molecule has 2 N–H and O–H groups in total. The van der Waals surface area contributed by atoms with E-state index < -0.39 is 5.91 Å². The lowest BCUT2D eigenvalue weighted by atomic mass is 9.74. The van der Waals surface area contributed by atoms with Gasteiger partial charge in [-0.1, -0.05) is 42.0 Å². The number of aryl methyl sites for hydroxylation is 1. The summed E-state index contributed by atoms with van der Waals surface area (Å²) in [6.45, 7) is 7.82. The van der Waals surface area contributed by atoms with E-state index in [2.05, 4.69) is 56.4 Å². The average Bonchev–Trinajstić information content (AvgIpc) is 2.68. The predicted molar refractivity (Wildman–Crippen MR) is 110 cm³/mol. The summed E-state index contributed by atoms with van der Waals surface area (Å²) in [6, 6.07) is 14.9. The zero-order chi connectivity index (χ0) is 20.0. The quantitative estimate of drug-likeness (QED) is 0.613. The highest BCUT2D eigenvalue weighted by Gasteiger charge is 2.51. The number of nitrogens with zero attached hydrogens (tertiary/aromatic N) is 4. The monoisotopic (exact) mass is 391 g/mol. The van der Waals surface area contributed by atoms with E-state index in [0.29, 0.717) is 0 Å². The average molecular weight is 391 g/mol. The smallest absolute Gasteiger partial charge is 0.275 e. The van der Waals surface area contributed by atoms with Gasteiger partial charge in [-0.05, 0) is 24.6 Å². The molecule has 4 aliphatic rings. The van der Waals surface area contributed by atoms with Crippen molar-refractivity contribution in [1.82, 2.24) is 20.1 Å². The molecule has 4 saturated heterocycles. The topological polar surface area (TPSA) is 71.4 Å². The van der Waals surface area contributed by atoms with Gasteiger partial charge < -0.3 is 5.11 Å². The summed E-state index contributed by atoms with van der Waals surface area (Å²) in [6.07, 6.45) is 0. The van der Waals surface area contributed by atoms with Crippen molar-refractivity contribution < 1.29 is 9.90 Å². The molecule has 0 radical (unpaired) electrons. The summed E-state index contributed by atoms with van der Waals surface area (Å²) in [7, 11) is 0. The Labute approximate surface area is 170 Å². The first-order valence-electron chi connectivity index (χ1n) is 9.93. The van der Waals surface area contributed by atoms with Crippen molar-refractivity contribution in [2.45, 2.75) is 6.92 Å². The van der Waals surface area contributed by atoms with Crippen LogP contribution in [0.2, 0.25) is 0 Å². The Morgan fingerprint density at radius 3 is 2.14 bits per heavy atom. The first-order valence-corrected chi connectivity index (χ1v) is 9.93. The summed E-state index contributed by atoms with van der Waals surface area (Å²) >= 11 is 0. The van der Waals surface area contributed by atoms with Crippen molar-refractivity contribution in [2.75, 3.05) is 39.6 Å². The van der Waals surface area contributed by atoms with Crippen LogP contribution < -0.4 is 5.43 Å². The molecule has 0 spiro atoms. The number of benzene rings is 2. The number of para-hydroxylation sites is 1. The predicted octanol–water partition coefficient (Wildman–Crippen LogP) is 1.64. The van der Waals surface area contributed by atoms with Gasteiger partial charge in [0.25, 0.3) is 5.91 Å².